The van der Waals surface area contributed by atoms with Crippen LogP contribution < -0.4 is 4.74 Å². The summed E-state index contributed by atoms with van der Waals surface area (Å²) >= 11 is 0. The summed E-state index contributed by atoms with van der Waals surface area (Å²) in [6.07, 6.45) is -0.708. The Bertz CT molecular complexity index is 1030. The standard InChI is InChI=1S/C23H29N3O5S/c1-18-3-9-21(10-4-18)32(28,29)26-12-11-25(22(27)17-24-13-15-31-16-14-24)23(26)19-5-7-20(30-2)8-6-19/h3-10,23H,11-17H2,1-2H3/t23-/m0/s1. The number of methoxy groups -OCH3 is 1. The first-order valence-electron chi connectivity index (χ1n) is 10.7. The number of morpholine rings is 1. The topological polar surface area (TPSA) is 79.4 Å². The van der Waals surface area contributed by atoms with Gasteiger partial charge >= 0.3 is 0 Å². The third kappa shape index (κ3) is 4.66. The molecule has 32 heavy (non-hydrogen) atoms. The Kier molecular flexibility index (Phi) is 6.80. The fraction of sp³-hybridized carbons (Fsp3) is 0.435. The zero-order chi connectivity index (χ0) is 22.7. The van der Waals surface area contributed by atoms with Crippen LogP contribution in [0.25, 0.3) is 0 Å². The highest BCUT2D eigenvalue weighted by Crippen LogP contribution is 2.36. The molecule has 2 aliphatic heterocycles. The van der Waals surface area contributed by atoms with Crippen LogP contribution in [0.5, 0.6) is 5.75 Å². The van der Waals surface area contributed by atoms with Crippen LogP contribution >= 0.6 is 0 Å². The highest BCUT2D eigenvalue weighted by Gasteiger charge is 2.43. The molecule has 8 nitrogen and oxygen atoms in total. The van der Waals surface area contributed by atoms with Gasteiger partial charge in [0, 0.05) is 26.2 Å². The summed E-state index contributed by atoms with van der Waals surface area (Å²) in [5, 5.41) is 0. The molecule has 2 aromatic carbocycles. The van der Waals surface area contributed by atoms with Gasteiger partial charge in [0.05, 0.1) is 31.8 Å². The van der Waals surface area contributed by atoms with Gasteiger partial charge in [0.25, 0.3) is 0 Å². The number of carbonyl (C=O) groups is 1. The monoisotopic (exact) mass is 459 g/mol. The van der Waals surface area contributed by atoms with E-state index >= 15 is 0 Å². The lowest BCUT2D eigenvalue weighted by molar-refractivity contribution is -0.135. The van der Waals surface area contributed by atoms with Crippen LogP contribution in [0.15, 0.2) is 53.4 Å². The van der Waals surface area contributed by atoms with Crippen LogP contribution in [0, 0.1) is 6.92 Å². The molecule has 1 amide bonds. The third-order valence-corrected chi connectivity index (χ3v) is 7.82. The molecule has 2 heterocycles. The molecule has 0 saturated carbocycles. The highest BCUT2D eigenvalue weighted by molar-refractivity contribution is 7.89. The molecule has 0 bridgehead atoms. The Balaban J connectivity index is 1.66. The van der Waals surface area contributed by atoms with Crippen molar-refractivity contribution in [3.05, 3.63) is 59.7 Å². The maximum Gasteiger partial charge on any atom is 0.245 e. The number of aryl methyl sites for hydroxylation is 1. The Hall–Kier alpha value is -2.46. The van der Waals surface area contributed by atoms with E-state index in [1.165, 1.54) is 4.31 Å². The molecule has 172 valence electrons. The van der Waals surface area contributed by atoms with Crippen molar-refractivity contribution in [3.8, 4) is 5.75 Å². The summed E-state index contributed by atoms with van der Waals surface area (Å²) in [5.74, 6) is 0.584. The number of ether oxygens (including phenoxy) is 2. The van der Waals surface area contributed by atoms with Crippen LogP contribution in [0.1, 0.15) is 17.3 Å². The number of nitrogens with zero attached hydrogens (tertiary/aromatic N) is 3. The predicted octanol–water partition coefficient (Wildman–Crippen LogP) is 1.87. The fourth-order valence-corrected chi connectivity index (χ4v) is 5.70. The van der Waals surface area contributed by atoms with Crippen molar-refractivity contribution in [3.63, 3.8) is 0 Å². The fourth-order valence-electron chi connectivity index (χ4n) is 4.13. The van der Waals surface area contributed by atoms with E-state index in [9.17, 15) is 13.2 Å². The van der Waals surface area contributed by atoms with E-state index in [4.69, 9.17) is 9.47 Å². The van der Waals surface area contributed by atoms with E-state index < -0.39 is 16.2 Å². The first-order valence-corrected chi connectivity index (χ1v) is 12.2. The maximum absolute atomic E-state index is 13.5. The van der Waals surface area contributed by atoms with Crippen molar-refractivity contribution in [1.82, 2.24) is 14.1 Å². The molecule has 1 atom stereocenters. The smallest absolute Gasteiger partial charge is 0.245 e. The summed E-state index contributed by atoms with van der Waals surface area (Å²) in [7, 11) is -2.21. The number of sulfonamides is 1. The molecule has 2 fully saturated rings. The summed E-state index contributed by atoms with van der Waals surface area (Å²) in [6, 6.07) is 14.0. The third-order valence-electron chi connectivity index (χ3n) is 5.95. The minimum Gasteiger partial charge on any atom is -0.497 e. The van der Waals surface area contributed by atoms with E-state index in [2.05, 4.69) is 0 Å². The van der Waals surface area contributed by atoms with Crippen molar-refractivity contribution in [1.29, 1.82) is 0 Å². The molecule has 0 N–H and O–H groups in total. The normalized spacial score (nSPS) is 20.4. The van der Waals surface area contributed by atoms with E-state index in [0.717, 1.165) is 11.1 Å². The minimum absolute atomic E-state index is 0.0886. The van der Waals surface area contributed by atoms with Crippen LogP contribution in [-0.2, 0) is 19.6 Å². The molecule has 0 unspecified atom stereocenters. The van der Waals surface area contributed by atoms with Gasteiger partial charge < -0.3 is 14.4 Å². The first-order chi connectivity index (χ1) is 15.4. The summed E-state index contributed by atoms with van der Waals surface area (Å²) in [4.78, 5) is 17.2. The molecular formula is C23H29N3O5S. The molecule has 9 heteroatoms. The maximum atomic E-state index is 13.5. The average Bonchev–Trinajstić information content (AvgIpc) is 3.26. The zero-order valence-corrected chi connectivity index (χ0v) is 19.3. The second-order valence-corrected chi connectivity index (χ2v) is 9.94. The quantitative estimate of drug-likeness (QED) is 0.656. The van der Waals surface area contributed by atoms with Crippen molar-refractivity contribution in [2.75, 3.05) is 53.0 Å². The number of carbonyl (C=O) groups excluding carboxylic acids is 1. The van der Waals surface area contributed by atoms with E-state index in [-0.39, 0.29) is 23.9 Å². The van der Waals surface area contributed by atoms with E-state index in [1.54, 1.807) is 48.4 Å². The summed E-state index contributed by atoms with van der Waals surface area (Å²) in [6.45, 7) is 5.32. The largest absolute Gasteiger partial charge is 0.497 e. The Morgan fingerprint density at radius 3 is 2.28 bits per heavy atom. The average molecular weight is 460 g/mol. The number of hydrogen-bond donors (Lipinski definition) is 0. The number of benzene rings is 2. The van der Waals surface area contributed by atoms with Gasteiger partial charge in [0.2, 0.25) is 15.9 Å². The van der Waals surface area contributed by atoms with E-state index in [1.807, 2.05) is 24.0 Å². The molecule has 2 aromatic rings. The Labute approximate surface area is 189 Å². The second-order valence-electron chi connectivity index (χ2n) is 8.05. The molecule has 0 aliphatic carbocycles. The summed E-state index contributed by atoms with van der Waals surface area (Å²) in [5.41, 5.74) is 1.72. The molecule has 4 rings (SSSR count). The molecule has 0 aromatic heterocycles. The van der Waals surface area contributed by atoms with Gasteiger partial charge in [-0.05, 0) is 36.8 Å². The van der Waals surface area contributed by atoms with Gasteiger partial charge in [-0.2, -0.15) is 4.31 Å². The first kappa shape index (κ1) is 22.7. The SMILES string of the molecule is COc1ccc([C@H]2N(C(=O)CN3CCOCC3)CCN2S(=O)(=O)c2ccc(C)cc2)cc1. The van der Waals surface area contributed by atoms with Crippen LogP contribution in [-0.4, -0.2) is 81.5 Å². The molecule has 0 radical (unpaired) electrons. The van der Waals surface area contributed by atoms with Crippen LogP contribution in [0.2, 0.25) is 0 Å². The summed E-state index contributed by atoms with van der Waals surface area (Å²) < 4.78 is 39.1. The Morgan fingerprint density at radius 1 is 1.00 bits per heavy atom. The zero-order valence-electron chi connectivity index (χ0n) is 18.4. The molecule has 0 spiro atoms. The van der Waals surface area contributed by atoms with Crippen molar-refractivity contribution < 1.29 is 22.7 Å². The lowest BCUT2D eigenvalue weighted by Crippen LogP contribution is -2.45. The minimum atomic E-state index is -3.79. The van der Waals surface area contributed by atoms with Gasteiger partial charge in [0.15, 0.2) is 0 Å². The van der Waals surface area contributed by atoms with Gasteiger partial charge in [-0.1, -0.05) is 29.8 Å². The lowest BCUT2D eigenvalue weighted by atomic mass is 10.1. The van der Waals surface area contributed by atoms with Gasteiger partial charge in [-0.25, -0.2) is 8.42 Å². The number of rotatable bonds is 6. The second kappa shape index (κ2) is 9.58. The Morgan fingerprint density at radius 2 is 1.66 bits per heavy atom. The molecule has 2 aliphatic rings. The van der Waals surface area contributed by atoms with Crippen molar-refractivity contribution in [2.24, 2.45) is 0 Å². The van der Waals surface area contributed by atoms with Crippen LogP contribution in [0.3, 0.4) is 0 Å². The van der Waals surface area contributed by atoms with Crippen molar-refractivity contribution in [2.45, 2.75) is 18.0 Å². The van der Waals surface area contributed by atoms with Crippen LogP contribution in [0.4, 0.5) is 0 Å². The highest BCUT2D eigenvalue weighted by atomic mass is 32.2. The van der Waals surface area contributed by atoms with Gasteiger partial charge in [-0.3, -0.25) is 9.69 Å². The number of amides is 1. The van der Waals surface area contributed by atoms with Gasteiger partial charge in [0.1, 0.15) is 11.9 Å². The molecule has 2 saturated heterocycles. The lowest BCUT2D eigenvalue weighted by Gasteiger charge is -2.33. The van der Waals surface area contributed by atoms with Crippen molar-refractivity contribution >= 4 is 15.9 Å². The predicted molar refractivity (Wildman–Crippen MR) is 120 cm³/mol. The van der Waals surface area contributed by atoms with Gasteiger partial charge in [-0.15, -0.1) is 0 Å². The van der Waals surface area contributed by atoms with E-state index in [0.29, 0.717) is 38.6 Å². The number of hydrogen-bond acceptors (Lipinski definition) is 6. The molecular weight excluding hydrogens is 430 g/mol.